The largest absolute Gasteiger partial charge is 0.460 e. The fraction of sp³-hybridized carbons (Fsp3) is 0.762. The van der Waals surface area contributed by atoms with Gasteiger partial charge in [-0.1, -0.05) is 0 Å². The predicted molar refractivity (Wildman–Crippen MR) is 107 cm³/mol. The third-order valence-electron chi connectivity index (χ3n) is 4.42. The van der Waals surface area contributed by atoms with Crippen molar-refractivity contribution in [3.8, 4) is 0 Å². The number of esters is 1. The maximum atomic E-state index is 12.4. The van der Waals surface area contributed by atoms with E-state index in [-0.39, 0.29) is 24.8 Å². The number of hydrogen-bond acceptors (Lipinski definition) is 6. The van der Waals surface area contributed by atoms with Crippen molar-refractivity contribution in [3.05, 3.63) is 22.9 Å². The van der Waals surface area contributed by atoms with E-state index in [0.29, 0.717) is 18.8 Å². The van der Waals surface area contributed by atoms with Gasteiger partial charge in [0.2, 0.25) is 0 Å². The van der Waals surface area contributed by atoms with Crippen LogP contribution in [-0.2, 0) is 23.7 Å². The molecule has 0 saturated heterocycles. The number of rotatable bonds is 13. The van der Waals surface area contributed by atoms with Gasteiger partial charge in [0.1, 0.15) is 6.61 Å². The molecule has 156 valence electrons. The molecule has 27 heavy (non-hydrogen) atoms. The van der Waals surface area contributed by atoms with Crippen LogP contribution in [0.15, 0.2) is 22.9 Å². The molecular weight excluding hydrogens is 346 g/mol. The number of hydrogen-bond donors (Lipinski definition) is 1. The van der Waals surface area contributed by atoms with Crippen molar-refractivity contribution in [2.24, 2.45) is 0 Å². The van der Waals surface area contributed by atoms with Gasteiger partial charge in [-0.2, -0.15) is 0 Å². The van der Waals surface area contributed by atoms with E-state index in [1.807, 2.05) is 27.7 Å². The quantitative estimate of drug-likeness (QED) is 0.299. The van der Waals surface area contributed by atoms with Gasteiger partial charge in [0.05, 0.1) is 18.8 Å². The first-order valence-corrected chi connectivity index (χ1v) is 10.0. The highest BCUT2D eigenvalue weighted by atomic mass is 16.6. The van der Waals surface area contributed by atoms with Crippen molar-refractivity contribution in [1.29, 1.82) is 0 Å². The van der Waals surface area contributed by atoms with Crippen molar-refractivity contribution in [2.75, 3.05) is 40.1 Å². The van der Waals surface area contributed by atoms with Gasteiger partial charge in [-0.3, -0.25) is 0 Å². The lowest BCUT2D eigenvalue weighted by Gasteiger charge is -2.20. The van der Waals surface area contributed by atoms with Crippen LogP contribution >= 0.6 is 0 Å². The lowest BCUT2D eigenvalue weighted by Crippen LogP contribution is -2.25. The number of methoxy groups -OCH3 is 1. The lowest BCUT2D eigenvalue weighted by atomic mass is 9.95. The van der Waals surface area contributed by atoms with E-state index in [1.54, 1.807) is 7.11 Å². The minimum absolute atomic E-state index is 0.0409. The zero-order valence-corrected chi connectivity index (χ0v) is 17.6. The van der Waals surface area contributed by atoms with Gasteiger partial charge in [-0.25, -0.2) is 4.79 Å². The molecule has 0 heterocycles. The molecule has 2 unspecified atom stereocenters. The van der Waals surface area contributed by atoms with E-state index in [2.05, 4.69) is 11.4 Å². The van der Waals surface area contributed by atoms with Gasteiger partial charge in [0.15, 0.2) is 0 Å². The smallest absolute Gasteiger partial charge is 0.334 e. The Kier molecular flexibility index (Phi) is 12.1. The average Bonchev–Trinajstić information content (AvgIpc) is 2.67. The maximum absolute atomic E-state index is 12.4. The van der Waals surface area contributed by atoms with Crippen LogP contribution < -0.4 is 5.32 Å². The second-order valence-electron chi connectivity index (χ2n) is 6.95. The summed E-state index contributed by atoms with van der Waals surface area (Å²) in [6.07, 6.45) is 5.90. The van der Waals surface area contributed by atoms with E-state index >= 15 is 0 Å². The minimum Gasteiger partial charge on any atom is -0.460 e. The standard InChI is InChI=1S/C21H37NO5/c1-6-25-16(2)14-26-17(3)15-27-21(23)18(4)19-9-7-10-20(13-19)22-11-8-12-24-5/h13,16-17,22H,6-12,14-15H2,1-5H3/b19-18-. The Bertz CT molecular complexity index is 501. The molecule has 0 amide bonds. The fourth-order valence-electron chi connectivity index (χ4n) is 2.84. The van der Waals surface area contributed by atoms with E-state index in [9.17, 15) is 4.79 Å². The molecule has 0 spiro atoms. The van der Waals surface area contributed by atoms with Crippen molar-refractivity contribution in [3.63, 3.8) is 0 Å². The molecule has 0 aliphatic heterocycles. The number of carbonyl (C=O) groups excluding carboxylic acids is 1. The van der Waals surface area contributed by atoms with E-state index < -0.39 is 0 Å². The van der Waals surface area contributed by atoms with E-state index in [0.717, 1.165) is 44.4 Å². The van der Waals surface area contributed by atoms with Crippen LogP contribution in [-0.4, -0.2) is 58.3 Å². The number of ether oxygens (including phenoxy) is 4. The molecule has 6 nitrogen and oxygen atoms in total. The third kappa shape index (κ3) is 9.94. The molecule has 1 N–H and O–H groups in total. The minimum atomic E-state index is -0.268. The van der Waals surface area contributed by atoms with Crippen LogP contribution in [0.25, 0.3) is 0 Å². The normalized spacial score (nSPS) is 18.5. The van der Waals surface area contributed by atoms with E-state index in [4.69, 9.17) is 18.9 Å². The van der Waals surface area contributed by atoms with Crippen LogP contribution in [0.4, 0.5) is 0 Å². The Morgan fingerprint density at radius 2 is 1.93 bits per heavy atom. The highest BCUT2D eigenvalue weighted by Crippen LogP contribution is 2.24. The summed E-state index contributed by atoms with van der Waals surface area (Å²) in [5, 5.41) is 3.43. The first-order chi connectivity index (χ1) is 13.0. The summed E-state index contributed by atoms with van der Waals surface area (Å²) in [5.74, 6) is -0.268. The Morgan fingerprint density at radius 3 is 2.63 bits per heavy atom. The second kappa shape index (κ2) is 13.7. The zero-order chi connectivity index (χ0) is 20.1. The lowest BCUT2D eigenvalue weighted by molar-refractivity contribution is -0.143. The average molecular weight is 384 g/mol. The van der Waals surface area contributed by atoms with Crippen molar-refractivity contribution in [2.45, 2.75) is 65.6 Å². The molecule has 0 saturated carbocycles. The summed E-state index contributed by atoms with van der Waals surface area (Å²) >= 11 is 0. The van der Waals surface area contributed by atoms with Crippen molar-refractivity contribution in [1.82, 2.24) is 5.32 Å². The summed E-state index contributed by atoms with van der Waals surface area (Å²) in [7, 11) is 1.71. The molecule has 0 radical (unpaired) electrons. The van der Waals surface area contributed by atoms with Crippen molar-refractivity contribution >= 4 is 5.97 Å². The topological polar surface area (TPSA) is 66.0 Å². The van der Waals surface area contributed by atoms with Gasteiger partial charge in [-0.15, -0.1) is 0 Å². The summed E-state index contributed by atoms with van der Waals surface area (Å²) in [5.41, 5.74) is 2.92. The fourth-order valence-corrected chi connectivity index (χ4v) is 2.84. The van der Waals surface area contributed by atoms with Crippen LogP contribution in [0.2, 0.25) is 0 Å². The molecule has 6 heteroatoms. The first-order valence-electron chi connectivity index (χ1n) is 10.0. The Labute approximate surface area is 164 Å². The van der Waals surface area contributed by atoms with E-state index in [1.165, 1.54) is 5.70 Å². The molecule has 0 bridgehead atoms. The molecule has 0 aromatic carbocycles. The number of allylic oxidation sites excluding steroid dienone is 3. The van der Waals surface area contributed by atoms with Crippen LogP contribution in [0.1, 0.15) is 53.4 Å². The van der Waals surface area contributed by atoms with Crippen LogP contribution in [0.5, 0.6) is 0 Å². The van der Waals surface area contributed by atoms with Gasteiger partial charge in [0, 0.05) is 38.1 Å². The van der Waals surface area contributed by atoms with Gasteiger partial charge in [0.25, 0.3) is 0 Å². The molecule has 1 rings (SSSR count). The highest BCUT2D eigenvalue weighted by Gasteiger charge is 2.16. The monoisotopic (exact) mass is 383 g/mol. The molecule has 1 aliphatic carbocycles. The number of carbonyl (C=O) groups is 1. The van der Waals surface area contributed by atoms with Crippen LogP contribution in [0.3, 0.4) is 0 Å². The van der Waals surface area contributed by atoms with Gasteiger partial charge in [-0.05, 0) is 65.0 Å². The highest BCUT2D eigenvalue weighted by molar-refractivity contribution is 5.89. The number of nitrogens with one attached hydrogen (secondary N) is 1. The second-order valence-corrected chi connectivity index (χ2v) is 6.95. The summed E-state index contributed by atoms with van der Waals surface area (Å²) in [6.45, 7) is 10.7. The van der Waals surface area contributed by atoms with Crippen molar-refractivity contribution < 1.29 is 23.7 Å². The molecule has 2 atom stereocenters. The molecule has 0 fully saturated rings. The third-order valence-corrected chi connectivity index (χ3v) is 4.42. The van der Waals surface area contributed by atoms with Crippen LogP contribution in [0, 0.1) is 0 Å². The zero-order valence-electron chi connectivity index (χ0n) is 17.6. The molecule has 0 aromatic rings. The summed E-state index contributed by atoms with van der Waals surface area (Å²) in [4.78, 5) is 12.4. The predicted octanol–water partition coefficient (Wildman–Crippen LogP) is 3.37. The van der Waals surface area contributed by atoms with Gasteiger partial charge >= 0.3 is 5.97 Å². The first kappa shape index (κ1) is 23.7. The summed E-state index contributed by atoms with van der Waals surface area (Å²) < 4.78 is 21.6. The molecule has 0 aromatic heterocycles. The molecular formula is C21H37NO5. The molecule has 1 aliphatic rings. The van der Waals surface area contributed by atoms with Gasteiger partial charge < -0.3 is 24.3 Å². The maximum Gasteiger partial charge on any atom is 0.334 e. The Morgan fingerprint density at radius 1 is 1.19 bits per heavy atom. The summed E-state index contributed by atoms with van der Waals surface area (Å²) in [6, 6.07) is 0. The Balaban J connectivity index is 2.45. The Hall–Kier alpha value is -1.37. The SMILES string of the molecule is CCOC(C)COC(C)COC(=O)/C(C)=C1\C=C(NCCCOC)CCC1.